The lowest BCUT2D eigenvalue weighted by atomic mass is 9.94. The Kier molecular flexibility index (Phi) is 9.49. The van der Waals surface area contributed by atoms with E-state index in [9.17, 15) is 0 Å². The van der Waals surface area contributed by atoms with Gasteiger partial charge in [-0.25, -0.2) is 0 Å². The van der Waals surface area contributed by atoms with Gasteiger partial charge in [0, 0.05) is 87.4 Å². The first-order chi connectivity index (χ1) is 42.2. The highest BCUT2D eigenvalue weighted by molar-refractivity contribution is 6.35. The van der Waals surface area contributed by atoms with E-state index in [1.54, 1.807) is 0 Å². The van der Waals surface area contributed by atoms with E-state index in [0.717, 1.165) is 182 Å². The van der Waals surface area contributed by atoms with Crippen LogP contribution in [0.15, 0.2) is 291 Å². The topological polar surface area (TPSA) is 63.5 Å². The van der Waals surface area contributed by atoms with Gasteiger partial charge in [-0.1, -0.05) is 176 Å². The van der Waals surface area contributed by atoms with Crippen LogP contribution >= 0.6 is 0 Å². The summed E-state index contributed by atoms with van der Waals surface area (Å²) in [5, 5.41) is 13.1. The Hall–Kier alpha value is -11.5. The molecule has 0 saturated heterocycles. The van der Waals surface area contributed by atoms with Crippen molar-refractivity contribution in [3.8, 4) is 22.3 Å². The first-order valence-electron chi connectivity index (χ1n) is 28.8. The van der Waals surface area contributed by atoms with Gasteiger partial charge in [0.25, 0.3) is 0 Å². The van der Waals surface area contributed by atoms with Gasteiger partial charge >= 0.3 is 0 Å². The largest absolute Gasteiger partial charge is 0.454 e. The highest BCUT2D eigenvalue weighted by Crippen LogP contribution is 2.53. The summed E-state index contributed by atoms with van der Waals surface area (Å²) in [5.41, 5.74) is 20.3. The van der Waals surface area contributed by atoms with Crippen LogP contribution in [0.1, 0.15) is 0 Å². The molecule has 19 aromatic rings. The molecular formula is C78H45N3O4. The minimum atomic E-state index is 0.834. The van der Waals surface area contributed by atoms with Crippen molar-refractivity contribution in [3.63, 3.8) is 0 Å². The van der Waals surface area contributed by atoms with Crippen molar-refractivity contribution in [3.05, 3.63) is 273 Å². The molecule has 0 aliphatic carbocycles. The van der Waals surface area contributed by atoms with Crippen LogP contribution in [-0.2, 0) is 0 Å². The van der Waals surface area contributed by atoms with E-state index < -0.39 is 0 Å². The van der Waals surface area contributed by atoms with Gasteiger partial charge in [-0.2, -0.15) is 0 Å². The zero-order chi connectivity index (χ0) is 55.4. The second-order valence-corrected chi connectivity index (χ2v) is 22.2. The molecule has 0 fully saturated rings. The van der Waals surface area contributed by atoms with E-state index in [1.807, 2.05) is 24.3 Å². The zero-order valence-electron chi connectivity index (χ0n) is 45.5. The van der Waals surface area contributed by atoms with Gasteiger partial charge in [0.05, 0.1) is 27.9 Å². The number of para-hydroxylation sites is 9. The van der Waals surface area contributed by atoms with E-state index in [-0.39, 0.29) is 0 Å². The van der Waals surface area contributed by atoms with Gasteiger partial charge < -0.3 is 31.9 Å². The SMILES string of the molecule is c1ccc(N(c2ccc(-c3cc4c5ccccc5oc4c4c3c3cccc5c6c(-c7ccc(N(c8ccccc8)c8cccc9c8oc8ccccc89)cc7)cc7c8ccccc8oc7c6n4c35)cc2)c2cccc3c2oc2ccccc23)cc1. The Morgan fingerprint density at radius 1 is 0.235 bits per heavy atom. The van der Waals surface area contributed by atoms with E-state index >= 15 is 0 Å². The fraction of sp³-hybridized carbons (Fsp3) is 0. The van der Waals surface area contributed by atoms with Crippen LogP contribution in [0.25, 0.3) is 148 Å². The predicted molar refractivity (Wildman–Crippen MR) is 350 cm³/mol. The van der Waals surface area contributed by atoms with Crippen molar-refractivity contribution in [2.45, 2.75) is 0 Å². The maximum atomic E-state index is 7.13. The van der Waals surface area contributed by atoms with Crippen LogP contribution in [0.4, 0.5) is 34.1 Å². The van der Waals surface area contributed by atoms with Crippen molar-refractivity contribution in [2.75, 3.05) is 9.80 Å². The Morgan fingerprint density at radius 2 is 0.553 bits per heavy atom. The van der Waals surface area contributed by atoms with Crippen molar-refractivity contribution >= 4 is 160 Å². The van der Waals surface area contributed by atoms with Gasteiger partial charge in [-0.3, -0.25) is 0 Å². The molecule has 0 radical (unpaired) electrons. The summed E-state index contributed by atoms with van der Waals surface area (Å²) >= 11 is 0. The number of hydrogen-bond donors (Lipinski definition) is 0. The number of aromatic nitrogens is 1. The third kappa shape index (κ3) is 6.54. The maximum Gasteiger partial charge on any atom is 0.160 e. The second-order valence-electron chi connectivity index (χ2n) is 22.2. The number of benzene rings is 13. The smallest absolute Gasteiger partial charge is 0.160 e. The third-order valence-corrected chi connectivity index (χ3v) is 17.7. The number of anilines is 6. The molecule has 0 atom stereocenters. The Bertz CT molecular complexity index is 5550. The molecule has 7 heteroatoms. The molecule has 85 heavy (non-hydrogen) atoms. The predicted octanol–water partition coefficient (Wildman–Crippen LogP) is 22.7. The molecule has 396 valence electrons. The molecule has 6 heterocycles. The fourth-order valence-corrected chi connectivity index (χ4v) is 14.0. The number of furan rings is 4. The molecule has 6 aromatic heterocycles. The fourth-order valence-electron chi connectivity index (χ4n) is 14.0. The Morgan fingerprint density at radius 3 is 0.965 bits per heavy atom. The molecule has 0 unspecified atom stereocenters. The third-order valence-electron chi connectivity index (χ3n) is 17.7. The van der Waals surface area contributed by atoms with Crippen LogP contribution in [0.2, 0.25) is 0 Å². The first kappa shape index (κ1) is 46.1. The normalized spacial score (nSPS) is 12.2. The molecular weight excluding hydrogens is 1040 g/mol. The van der Waals surface area contributed by atoms with Crippen molar-refractivity contribution < 1.29 is 17.7 Å². The lowest BCUT2D eigenvalue weighted by Gasteiger charge is -2.25. The van der Waals surface area contributed by atoms with E-state index in [1.165, 1.54) is 0 Å². The average molecular weight is 1090 g/mol. The number of fused-ring (bicyclic) bond motifs is 20. The van der Waals surface area contributed by atoms with Gasteiger partial charge in [-0.05, 0) is 119 Å². The number of hydrogen-bond acceptors (Lipinski definition) is 6. The highest BCUT2D eigenvalue weighted by atomic mass is 16.3. The first-order valence-corrected chi connectivity index (χ1v) is 28.8. The lowest BCUT2D eigenvalue weighted by molar-refractivity contribution is 0.668. The van der Waals surface area contributed by atoms with Crippen LogP contribution < -0.4 is 9.80 Å². The van der Waals surface area contributed by atoms with Crippen molar-refractivity contribution in [1.82, 2.24) is 4.40 Å². The van der Waals surface area contributed by atoms with Crippen molar-refractivity contribution in [1.29, 1.82) is 0 Å². The zero-order valence-corrected chi connectivity index (χ0v) is 45.5. The summed E-state index contributed by atoms with van der Waals surface area (Å²) < 4.78 is 30.1. The highest BCUT2D eigenvalue weighted by Gasteiger charge is 2.30. The molecule has 0 spiro atoms. The van der Waals surface area contributed by atoms with Gasteiger partial charge in [0.2, 0.25) is 0 Å². The summed E-state index contributed by atoms with van der Waals surface area (Å²) in [4.78, 5) is 4.60. The van der Waals surface area contributed by atoms with E-state index in [2.05, 4.69) is 263 Å². The molecule has 0 bridgehead atoms. The van der Waals surface area contributed by atoms with Crippen LogP contribution in [0, 0.1) is 0 Å². The number of rotatable bonds is 8. The van der Waals surface area contributed by atoms with E-state index in [0.29, 0.717) is 0 Å². The van der Waals surface area contributed by atoms with Gasteiger partial charge in [0.15, 0.2) is 22.3 Å². The molecule has 7 nitrogen and oxygen atoms in total. The van der Waals surface area contributed by atoms with Crippen LogP contribution in [0.5, 0.6) is 0 Å². The summed E-state index contributed by atoms with van der Waals surface area (Å²) in [7, 11) is 0. The number of nitrogens with zero attached hydrogens (tertiary/aromatic N) is 3. The quantitative estimate of drug-likeness (QED) is 0.151. The summed E-state index contributed by atoms with van der Waals surface area (Å²) in [6, 6.07) is 96.9. The summed E-state index contributed by atoms with van der Waals surface area (Å²) in [6.45, 7) is 0. The molecule has 19 rings (SSSR count). The van der Waals surface area contributed by atoms with E-state index in [4.69, 9.17) is 17.7 Å². The molecule has 13 aromatic carbocycles. The average Bonchev–Trinajstić information content (AvgIpc) is 1.70. The minimum absolute atomic E-state index is 0.834. The minimum Gasteiger partial charge on any atom is -0.454 e. The Labute approximate surface area is 484 Å². The lowest BCUT2D eigenvalue weighted by Crippen LogP contribution is -2.10. The molecule has 0 aliphatic heterocycles. The maximum absolute atomic E-state index is 7.13. The van der Waals surface area contributed by atoms with Gasteiger partial charge in [-0.15, -0.1) is 0 Å². The standard InChI is InChI=1S/C78H45N3O4/c1-3-18-48(19-4-1)79(64-30-16-26-56-52-22-7-11-32-66(52)82-75(56)64)50-40-36-46(37-41-50)60-44-62-54-24-9-13-34-68(54)84-77(62)73-70(60)58-28-15-29-59-71-61(45-63-55-25-10-14-35-69(55)85-78(63)74(71)81(73)72(58)59)47-38-42-51(43-39-47)80(49-20-5-2-6-21-49)65-31-17-27-57-53-23-8-12-33-67(53)83-76(57)65/h1-45H. The van der Waals surface area contributed by atoms with Crippen LogP contribution in [0.3, 0.4) is 0 Å². The summed E-state index contributed by atoms with van der Waals surface area (Å²) in [5.74, 6) is 0. The van der Waals surface area contributed by atoms with Crippen molar-refractivity contribution in [2.24, 2.45) is 0 Å². The molecule has 0 N–H and O–H groups in total. The summed E-state index contributed by atoms with van der Waals surface area (Å²) in [6.07, 6.45) is 0. The Balaban J connectivity index is 0.843. The molecule has 0 aliphatic rings. The second kappa shape index (κ2) is 17.5. The monoisotopic (exact) mass is 1090 g/mol. The van der Waals surface area contributed by atoms with Crippen LogP contribution in [-0.4, -0.2) is 4.40 Å². The van der Waals surface area contributed by atoms with Gasteiger partial charge in [0.1, 0.15) is 22.3 Å². The molecule has 0 amide bonds. The molecule has 0 saturated carbocycles.